The van der Waals surface area contributed by atoms with Crippen LogP contribution in [0.4, 0.5) is 0 Å². The molecular formula is C48H33N3O. The third-order valence-electron chi connectivity index (χ3n) is 10.6. The van der Waals surface area contributed by atoms with Crippen molar-refractivity contribution >= 4 is 21.9 Å². The number of furan rings is 1. The zero-order valence-electron chi connectivity index (χ0n) is 28.8. The van der Waals surface area contributed by atoms with Crippen LogP contribution in [0.5, 0.6) is 0 Å². The summed E-state index contributed by atoms with van der Waals surface area (Å²) in [6.07, 6.45) is 0. The van der Waals surface area contributed by atoms with E-state index in [9.17, 15) is 0 Å². The largest absolute Gasteiger partial charge is 0.455 e. The van der Waals surface area contributed by atoms with Crippen molar-refractivity contribution in [2.75, 3.05) is 0 Å². The van der Waals surface area contributed by atoms with Crippen LogP contribution in [0.2, 0.25) is 0 Å². The van der Waals surface area contributed by atoms with E-state index in [1.807, 2.05) is 66.7 Å². The summed E-state index contributed by atoms with van der Waals surface area (Å²) in [5.74, 6) is 1.96. The Morgan fingerprint density at radius 1 is 0.404 bits per heavy atom. The van der Waals surface area contributed by atoms with Crippen LogP contribution in [0.1, 0.15) is 25.0 Å². The van der Waals surface area contributed by atoms with Gasteiger partial charge in [0.1, 0.15) is 11.2 Å². The van der Waals surface area contributed by atoms with Gasteiger partial charge in [-0.3, -0.25) is 0 Å². The molecule has 0 atom stereocenters. The zero-order valence-corrected chi connectivity index (χ0v) is 28.8. The first-order valence-electron chi connectivity index (χ1n) is 17.7. The Bertz CT molecular complexity index is 2740. The fraction of sp³-hybridized carbons (Fsp3) is 0.0625. The van der Waals surface area contributed by atoms with Gasteiger partial charge in [-0.15, -0.1) is 0 Å². The number of fused-ring (bicyclic) bond motifs is 7. The average molecular weight is 668 g/mol. The van der Waals surface area contributed by atoms with Gasteiger partial charge in [0.15, 0.2) is 17.5 Å². The van der Waals surface area contributed by atoms with Gasteiger partial charge in [0.25, 0.3) is 0 Å². The van der Waals surface area contributed by atoms with Crippen molar-refractivity contribution in [1.82, 2.24) is 15.0 Å². The molecule has 4 heteroatoms. The fourth-order valence-corrected chi connectivity index (χ4v) is 7.83. The molecule has 7 aromatic carbocycles. The second-order valence-corrected chi connectivity index (χ2v) is 14.0. The van der Waals surface area contributed by atoms with Crippen LogP contribution in [0, 0.1) is 0 Å². The summed E-state index contributed by atoms with van der Waals surface area (Å²) in [6.45, 7) is 4.64. The number of rotatable bonds is 5. The molecule has 0 unspecified atom stereocenters. The van der Waals surface area contributed by atoms with Gasteiger partial charge in [0, 0.05) is 38.4 Å². The van der Waals surface area contributed by atoms with E-state index >= 15 is 0 Å². The van der Waals surface area contributed by atoms with Crippen molar-refractivity contribution in [1.29, 1.82) is 0 Å². The van der Waals surface area contributed by atoms with Crippen molar-refractivity contribution < 1.29 is 4.42 Å². The summed E-state index contributed by atoms with van der Waals surface area (Å²) in [5, 5.41) is 2.32. The summed E-state index contributed by atoms with van der Waals surface area (Å²) < 4.78 is 6.56. The standard InChI is InChI=1S/C48H33N3O/c1-48(2)40-26-24-36(29-39(40)43-41(48)27-25-38-37-18-9-10-19-42(37)52-44(38)43)35-17-11-16-34(28-35)30-20-22-33(23-21-30)47-50-45(31-12-5-3-6-13-31)49-46(51-47)32-14-7-4-8-15-32/h3-29H,1-2H3. The van der Waals surface area contributed by atoms with Crippen LogP contribution in [-0.2, 0) is 5.41 Å². The first-order valence-corrected chi connectivity index (χ1v) is 17.7. The van der Waals surface area contributed by atoms with Gasteiger partial charge >= 0.3 is 0 Å². The van der Waals surface area contributed by atoms with E-state index in [1.54, 1.807) is 0 Å². The Balaban J connectivity index is 1.02. The van der Waals surface area contributed by atoms with Crippen molar-refractivity contribution in [3.8, 4) is 67.5 Å². The molecule has 0 radical (unpaired) electrons. The molecule has 9 aromatic rings. The predicted molar refractivity (Wildman–Crippen MR) is 212 cm³/mol. The summed E-state index contributed by atoms with van der Waals surface area (Å²) >= 11 is 0. The third kappa shape index (κ3) is 4.87. The lowest BCUT2D eigenvalue weighted by Gasteiger charge is -2.21. The van der Waals surface area contributed by atoms with E-state index in [-0.39, 0.29) is 5.41 Å². The molecule has 246 valence electrons. The summed E-state index contributed by atoms with van der Waals surface area (Å²) in [5.41, 5.74) is 14.4. The van der Waals surface area contributed by atoms with Gasteiger partial charge in [-0.1, -0.05) is 159 Å². The maximum Gasteiger partial charge on any atom is 0.164 e. The minimum atomic E-state index is -0.123. The highest BCUT2D eigenvalue weighted by Crippen LogP contribution is 2.53. The molecule has 0 fully saturated rings. The molecule has 0 spiro atoms. The molecule has 10 rings (SSSR count). The van der Waals surface area contributed by atoms with Crippen molar-refractivity contribution in [2.45, 2.75) is 19.3 Å². The smallest absolute Gasteiger partial charge is 0.164 e. The Labute approximate surface area is 302 Å². The predicted octanol–water partition coefficient (Wildman–Crippen LogP) is 12.4. The van der Waals surface area contributed by atoms with E-state index in [1.165, 1.54) is 38.8 Å². The Morgan fingerprint density at radius 3 is 1.58 bits per heavy atom. The lowest BCUT2D eigenvalue weighted by molar-refractivity contribution is 0.653. The van der Waals surface area contributed by atoms with Gasteiger partial charge in [0.05, 0.1) is 0 Å². The maximum absolute atomic E-state index is 6.56. The molecule has 0 amide bonds. The molecule has 52 heavy (non-hydrogen) atoms. The van der Waals surface area contributed by atoms with Crippen LogP contribution in [0.25, 0.3) is 89.5 Å². The number of hydrogen-bond donors (Lipinski definition) is 0. The average Bonchev–Trinajstić information content (AvgIpc) is 3.70. The van der Waals surface area contributed by atoms with Gasteiger partial charge in [0.2, 0.25) is 0 Å². The van der Waals surface area contributed by atoms with Crippen LogP contribution in [0.15, 0.2) is 168 Å². The fourth-order valence-electron chi connectivity index (χ4n) is 7.83. The number of para-hydroxylation sites is 1. The van der Waals surface area contributed by atoms with Gasteiger partial charge < -0.3 is 4.42 Å². The number of benzene rings is 7. The number of aromatic nitrogens is 3. The third-order valence-corrected chi connectivity index (χ3v) is 10.6. The quantitative estimate of drug-likeness (QED) is 0.183. The van der Waals surface area contributed by atoms with Gasteiger partial charge in [-0.2, -0.15) is 0 Å². The Hall–Kier alpha value is -6.65. The minimum Gasteiger partial charge on any atom is -0.455 e. The zero-order chi connectivity index (χ0) is 34.8. The maximum atomic E-state index is 6.56. The Morgan fingerprint density at radius 2 is 0.904 bits per heavy atom. The number of nitrogens with zero attached hydrogens (tertiary/aromatic N) is 3. The molecule has 0 N–H and O–H groups in total. The molecular weight excluding hydrogens is 635 g/mol. The summed E-state index contributed by atoms with van der Waals surface area (Å²) in [4.78, 5) is 14.7. The lowest BCUT2D eigenvalue weighted by Crippen LogP contribution is -2.14. The van der Waals surface area contributed by atoms with E-state index in [0.29, 0.717) is 17.5 Å². The highest BCUT2D eigenvalue weighted by atomic mass is 16.3. The molecule has 4 nitrogen and oxygen atoms in total. The Kier molecular flexibility index (Phi) is 6.80. The molecule has 1 aliphatic rings. The second kappa shape index (κ2) is 11.7. The lowest BCUT2D eigenvalue weighted by atomic mass is 9.82. The van der Waals surface area contributed by atoms with Crippen LogP contribution in [-0.4, -0.2) is 15.0 Å². The van der Waals surface area contributed by atoms with Crippen molar-refractivity contribution in [2.24, 2.45) is 0 Å². The van der Waals surface area contributed by atoms with E-state index in [0.717, 1.165) is 44.4 Å². The highest BCUT2D eigenvalue weighted by molar-refractivity contribution is 6.12. The number of hydrogen-bond acceptors (Lipinski definition) is 4. The minimum absolute atomic E-state index is 0.123. The van der Waals surface area contributed by atoms with Gasteiger partial charge in [-0.25, -0.2) is 15.0 Å². The van der Waals surface area contributed by atoms with E-state index in [4.69, 9.17) is 19.4 Å². The van der Waals surface area contributed by atoms with E-state index in [2.05, 4.69) is 111 Å². The van der Waals surface area contributed by atoms with E-state index < -0.39 is 0 Å². The monoisotopic (exact) mass is 667 g/mol. The molecule has 0 aliphatic heterocycles. The SMILES string of the molecule is CC1(C)c2ccc(-c3cccc(-c4ccc(-c5nc(-c6ccccc6)nc(-c6ccccc6)n5)cc4)c3)cc2-c2c1ccc1c2oc2ccccc21. The van der Waals surface area contributed by atoms with Gasteiger partial charge in [-0.05, 0) is 57.1 Å². The topological polar surface area (TPSA) is 51.8 Å². The summed E-state index contributed by atoms with van der Waals surface area (Å²) in [7, 11) is 0. The first kappa shape index (κ1) is 30.2. The normalized spacial score (nSPS) is 13.0. The molecule has 0 saturated carbocycles. The van der Waals surface area contributed by atoms with Crippen molar-refractivity contribution in [3.05, 3.63) is 175 Å². The first-order chi connectivity index (χ1) is 25.5. The molecule has 0 bridgehead atoms. The highest BCUT2D eigenvalue weighted by Gasteiger charge is 2.37. The molecule has 1 aliphatic carbocycles. The van der Waals surface area contributed by atoms with Crippen LogP contribution >= 0.6 is 0 Å². The van der Waals surface area contributed by atoms with Crippen molar-refractivity contribution in [3.63, 3.8) is 0 Å². The molecule has 2 heterocycles. The van der Waals surface area contributed by atoms with Crippen LogP contribution in [0.3, 0.4) is 0 Å². The summed E-state index contributed by atoms with van der Waals surface area (Å²) in [6, 6.07) is 57.3. The van der Waals surface area contributed by atoms with Crippen LogP contribution < -0.4 is 0 Å². The molecule has 0 saturated heterocycles. The second-order valence-electron chi connectivity index (χ2n) is 14.0. The molecule has 2 aromatic heterocycles.